The Morgan fingerprint density at radius 2 is 0.678 bits per heavy atom. The van der Waals surface area contributed by atoms with Crippen LogP contribution in [0, 0.1) is 0 Å². The van der Waals surface area contributed by atoms with E-state index in [2.05, 4.69) is 57.3 Å². The molecule has 0 aromatic heterocycles. The van der Waals surface area contributed by atoms with Crippen LogP contribution in [0.5, 0.6) is 0 Å². The van der Waals surface area contributed by atoms with E-state index in [0.29, 0.717) is 18.9 Å². The maximum Gasteiger partial charge on any atom is 0.303 e. The summed E-state index contributed by atoms with van der Waals surface area (Å²) in [6.07, 6.45) is 59.5. The molecule has 352 valence electrons. The third-order valence-electron chi connectivity index (χ3n) is 11.2. The summed E-state index contributed by atoms with van der Waals surface area (Å²) < 4.78 is 0. The Labute approximate surface area is 369 Å². The smallest absolute Gasteiger partial charge is 0.303 e. The van der Waals surface area contributed by atoms with Gasteiger partial charge in [0.1, 0.15) is 0 Å². The van der Waals surface area contributed by atoms with Gasteiger partial charge in [0.05, 0.1) is 0 Å². The molecular weight excluding hydrogens is 729 g/mol. The molecule has 1 atom stereocenters. The second kappa shape index (κ2) is 58.4. The average Bonchev–Trinajstić information content (AvgIpc) is 3.22. The van der Waals surface area contributed by atoms with Gasteiger partial charge in [-0.25, -0.2) is 0 Å². The first-order valence-electron chi connectivity index (χ1n) is 26.0. The minimum absolute atomic E-state index is 0.332. The number of carbonyl (C=O) groups is 2. The number of hydrogen-bond acceptors (Lipinski definition) is 4. The molecule has 0 aliphatic carbocycles. The van der Waals surface area contributed by atoms with Gasteiger partial charge in [0, 0.05) is 32.0 Å². The van der Waals surface area contributed by atoms with Gasteiger partial charge >= 0.3 is 11.9 Å². The van der Waals surface area contributed by atoms with Crippen LogP contribution in [0.4, 0.5) is 0 Å². The number of nitrogens with two attached hydrogens (primary N) is 1. The molecular formula is C53H106N2O4. The van der Waals surface area contributed by atoms with Gasteiger partial charge in [0.15, 0.2) is 0 Å². The van der Waals surface area contributed by atoms with E-state index < -0.39 is 11.9 Å². The second-order valence-corrected chi connectivity index (χ2v) is 17.4. The number of hydrogen-bond donors (Lipinski definition) is 4. The number of unbranched alkanes of at least 4 members (excludes halogenated alkanes) is 32. The highest BCUT2D eigenvalue weighted by atomic mass is 16.4. The van der Waals surface area contributed by atoms with Crippen molar-refractivity contribution in [1.29, 1.82) is 0 Å². The number of aliphatic carboxylic acids is 2. The van der Waals surface area contributed by atoms with Crippen molar-refractivity contribution in [2.75, 3.05) is 13.1 Å². The van der Waals surface area contributed by atoms with Crippen LogP contribution in [0.1, 0.15) is 285 Å². The fraction of sp³-hybridized carbons (Fsp3) is 0.887. The quantitative estimate of drug-likeness (QED) is 0.0359. The number of nitrogens with one attached hydrogen (secondary N) is 1. The molecule has 0 rings (SSSR count). The SMILES string of the molecule is CCCCCCCCC=CCCCCCCCC(=O)O.CCCCCCCCC=CCCCCCCCC(=O)O.CCCCCCCCCCCCCC(C)NCCN. The van der Waals surface area contributed by atoms with Crippen LogP contribution in [0.3, 0.4) is 0 Å². The van der Waals surface area contributed by atoms with Gasteiger partial charge in [-0.1, -0.05) is 218 Å². The first kappa shape index (κ1) is 61.6. The molecule has 0 saturated carbocycles. The molecule has 0 aromatic rings. The zero-order valence-corrected chi connectivity index (χ0v) is 40.4. The summed E-state index contributed by atoms with van der Waals surface area (Å²) in [6.45, 7) is 10.8. The molecule has 0 heterocycles. The van der Waals surface area contributed by atoms with Crippen molar-refractivity contribution in [3.05, 3.63) is 24.3 Å². The van der Waals surface area contributed by atoms with E-state index in [1.165, 1.54) is 218 Å². The zero-order chi connectivity index (χ0) is 44.0. The lowest BCUT2D eigenvalue weighted by molar-refractivity contribution is -0.138. The highest BCUT2D eigenvalue weighted by Crippen LogP contribution is 2.14. The van der Waals surface area contributed by atoms with Crippen LogP contribution in [-0.2, 0) is 9.59 Å². The lowest BCUT2D eigenvalue weighted by Crippen LogP contribution is -2.30. The molecule has 1 unspecified atom stereocenters. The molecule has 6 heteroatoms. The Balaban J connectivity index is -0.000000798. The summed E-state index contributed by atoms with van der Waals surface area (Å²) in [5, 5.41) is 20.5. The Bertz CT molecular complexity index is 795. The number of allylic oxidation sites excluding steroid dienone is 4. The maximum atomic E-state index is 10.3. The zero-order valence-electron chi connectivity index (χ0n) is 40.4. The number of rotatable bonds is 45. The first-order valence-corrected chi connectivity index (χ1v) is 26.0. The molecule has 0 aromatic carbocycles. The van der Waals surface area contributed by atoms with E-state index in [9.17, 15) is 9.59 Å². The van der Waals surface area contributed by atoms with Crippen molar-refractivity contribution in [1.82, 2.24) is 5.32 Å². The van der Waals surface area contributed by atoms with Crippen LogP contribution < -0.4 is 11.1 Å². The van der Waals surface area contributed by atoms with Crippen molar-refractivity contribution in [2.45, 2.75) is 291 Å². The lowest BCUT2D eigenvalue weighted by Gasteiger charge is -2.12. The van der Waals surface area contributed by atoms with Crippen LogP contribution >= 0.6 is 0 Å². The Morgan fingerprint density at radius 1 is 0.424 bits per heavy atom. The molecule has 0 spiro atoms. The molecule has 59 heavy (non-hydrogen) atoms. The van der Waals surface area contributed by atoms with Crippen molar-refractivity contribution in [2.24, 2.45) is 5.73 Å². The lowest BCUT2D eigenvalue weighted by atomic mass is 10.0. The van der Waals surface area contributed by atoms with Crippen LogP contribution in [0.2, 0.25) is 0 Å². The number of carboxylic acid groups (broad SMARTS) is 2. The minimum Gasteiger partial charge on any atom is -0.481 e. The molecule has 0 bridgehead atoms. The topological polar surface area (TPSA) is 113 Å². The largest absolute Gasteiger partial charge is 0.481 e. The Morgan fingerprint density at radius 3 is 0.949 bits per heavy atom. The second-order valence-electron chi connectivity index (χ2n) is 17.4. The number of carboxylic acids is 2. The highest BCUT2D eigenvalue weighted by molar-refractivity contribution is 5.66. The van der Waals surface area contributed by atoms with Crippen LogP contribution in [-0.4, -0.2) is 41.3 Å². The predicted molar refractivity (Wildman–Crippen MR) is 262 cm³/mol. The van der Waals surface area contributed by atoms with E-state index in [1.807, 2.05) is 0 Å². The van der Waals surface area contributed by atoms with Crippen molar-refractivity contribution < 1.29 is 19.8 Å². The van der Waals surface area contributed by atoms with Gasteiger partial charge in [0.25, 0.3) is 0 Å². The summed E-state index contributed by atoms with van der Waals surface area (Å²) in [7, 11) is 0. The van der Waals surface area contributed by atoms with Gasteiger partial charge in [0.2, 0.25) is 0 Å². The Kier molecular flexibility index (Phi) is 61.0. The predicted octanol–water partition coefficient (Wildman–Crippen LogP) is 16.8. The molecule has 0 saturated heterocycles. The third-order valence-corrected chi connectivity index (χ3v) is 11.2. The molecule has 0 aliphatic rings. The fourth-order valence-electron chi connectivity index (χ4n) is 7.24. The van der Waals surface area contributed by atoms with E-state index in [4.69, 9.17) is 15.9 Å². The molecule has 0 amide bonds. The van der Waals surface area contributed by atoms with E-state index in [0.717, 1.165) is 38.8 Å². The third kappa shape index (κ3) is 68.3. The van der Waals surface area contributed by atoms with Gasteiger partial charge in [-0.05, 0) is 77.6 Å². The summed E-state index contributed by atoms with van der Waals surface area (Å²) in [5.74, 6) is -1.33. The Hall–Kier alpha value is -1.66. The van der Waals surface area contributed by atoms with Crippen molar-refractivity contribution in [3.63, 3.8) is 0 Å². The van der Waals surface area contributed by atoms with E-state index in [1.54, 1.807) is 0 Å². The minimum atomic E-state index is -0.664. The van der Waals surface area contributed by atoms with Crippen LogP contribution in [0.25, 0.3) is 0 Å². The van der Waals surface area contributed by atoms with Crippen molar-refractivity contribution in [3.8, 4) is 0 Å². The van der Waals surface area contributed by atoms with Gasteiger partial charge < -0.3 is 21.3 Å². The normalized spacial score (nSPS) is 11.7. The molecule has 0 radical (unpaired) electrons. The summed E-state index contributed by atoms with van der Waals surface area (Å²) >= 11 is 0. The first-order chi connectivity index (χ1) is 28.8. The average molecular weight is 835 g/mol. The maximum absolute atomic E-state index is 10.3. The molecule has 0 aliphatic heterocycles. The highest BCUT2D eigenvalue weighted by Gasteiger charge is 2.00. The molecule has 5 N–H and O–H groups in total. The monoisotopic (exact) mass is 835 g/mol. The summed E-state index contributed by atoms with van der Waals surface area (Å²) in [6, 6.07) is 0.641. The van der Waals surface area contributed by atoms with E-state index in [-0.39, 0.29) is 0 Å². The van der Waals surface area contributed by atoms with Crippen molar-refractivity contribution >= 4 is 11.9 Å². The van der Waals surface area contributed by atoms with Crippen LogP contribution in [0.15, 0.2) is 24.3 Å². The van der Waals surface area contributed by atoms with Gasteiger partial charge in [-0.2, -0.15) is 0 Å². The van der Waals surface area contributed by atoms with E-state index >= 15 is 0 Å². The van der Waals surface area contributed by atoms with Gasteiger partial charge in [-0.15, -0.1) is 0 Å². The standard InChI is InChI=1S/2C18H34O2.C17H38N2/c2*1-2-3-4-5-6-7-8-9-10-11-12-13-14-15-16-17-18(19)20;1-3-4-5-6-7-8-9-10-11-12-13-14-17(2)19-16-15-18/h2*9-10H,2-8,11-17H2,1H3,(H,19,20);17,19H,3-16,18H2,1-2H3. The van der Waals surface area contributed by atoms with Gasteiger partial charge in [-0.3, -0.25) is 9.59 Å². The summed E-state index contributed by atoms with van der Waals surface area (Å²) in [4.78, 5) is 20.6. The fourth-order valence-corrected chi connectivity index (χ4v) is 7.24. The summed E-state index contributed by atoms with van der Waals surface area (Å²) in [5.41, 5.74) is 5.48. The molecule has 0 fully saturated rings. The molecule has 6 nitrogen and oxygen atoms in total.